The molecule has 18 heavy (non-hydrogen) atoms. The Hall–Kier alpha value is -1.55. The van der Waals surface area contributed by atoms with Gasteiger partial charge in [-0.3, -0.25) is 4.79 Å². The zero-order valence-corrected chi connectivity index (χ0v) is 11.3. The van der Waals surface area contributed by atoms with Gasteiger partial charge in [0.25, 0.3) is 0 Å². The van der Waals surface area contributed by atoms with E-state index in [0.29, 0.717) is 13.0 Å². The summed E-state index contributed by atoms with van der Waals surface area (Å²) in [7, 11) is 1.64. The molecular formula is C14H22N2O2. The Morgan fingerprint density at radius 2 is 2.22 bits per heavy atom. The van der Waals surface area contributed by atoms with Crippen LogP contribution in [-0.4, -0.2) is 25.1 Å². The van der Waals surface area contributed by atoms with Gasteiger partial charge in [0.05, 0.1) is 12.6 Å². The molecule has 1 unspecified atom stereocenters. The molecule has 4 nitrogen and oxygen atoms in total. The van der Waals surface area contributed by atoms with Gasteiger partial charge < -0.3 is 15.8 Å². The van der Waals surface area contributed by atoms with Gasteiger partial charge in [0.15, 0.2) is 0 Å². The number of hydrogen-bond donors (Lipinski definition) is 2. The van der Waals surface area contributed by atoms with Crippen molar-refractivity contribution in [2.24, 2.45) is 5.73 Å². The van der Waals surface area contributed by atoms with Crippen molar-refractivity contribution in [1.29, 1.82) is 0 Å². The second-order valence-electron chi connectivity index (χ2n) is 4.63. The monoisotopic (exact) mass is 250 g/mol. The summed E-state index contributed by atoms with van der Waals surface area (Å²) in [6, 6.07) is 7.81. The van der Waals surface area contributed by atoms with Crippen molar-refractivity contribution < 1.29 is 9.53 Å². The van der Waals surface area contributed by atoms with E-state index in [-0.39, 0.29) is 5.91 Å². The van der Waals surface area contributed by atoms with E-state index in [2.05, 4.69) is 5.32 Å². The van der Waals surface area contributed by atoms with Gasteiger partial charge in [-0.05, 0) is 37.5 Å². The molecular weight excluding hydrogens is 228 g/mol. The number of benzene rings is 1. The fourth-order valence-electron chi connectivity index (χ4n) is 1.51. The lowest BCUT2D eigenvalue weighted by Crippen LogP contribution is -2.51. The predicted octanol–water partition coefficient (Wildman–Crippen LogP) is 1.48. The molecule has 4 heteroatoms. The van der Waals surface area contributed by atoms with E-state index in [1.165, 1.54) is 0 Å². The van der Waals surface area contributed by atoms with Crippen LogP contribution in [0.2, 0.25) is 0 Å². The molecule has 0 aliphatic carbocycles. The van der Waals surface area contributed by atoms with Crippen LogP contribution in [0.25, 0.3) is 0 Å². The first-order chi connectivity index (χ1) is 8.49. The minimum Gasteiger partial charge on any atom is -0.497 e. The van der Waals surface area contributed by atoms with Crippen LogP contribution in [-0.2, 0) is 11.2 Å². The summed E-state index contributed by atoms with van der Waals surface area (Å²) >= 11 is 0. The number of amides is 1. The minimum absolute atomic E-state index is 0.104. The van der Waals surface area contributed by atoms with E-state index in [1.807, 2.05) is 31.2 Å². The van der Waals surface area contributed by atoms with Crippen LogP contribution in [0.1, 0.15) is 25.8 Å². The maximum Gasteiger partial charge on any atom is 0.239 e. The summed E-state index contributed by atoms with van der Waals surface area (Å²) in [4.78, 5) is 11.7. The lowest BCUT2D eigenvalue weighted by atomic mass is 9.99. The summed E-state index contributed by atoms with van der Waals surface area (Å²) in [6.07, 6.45) is 1.39. The lowest BCUT2D eigenvalue weighted by molar-refractivity contribution is -0.125. The Morgan fingerprint density at radius 1 is 1.50 bits per heavy atom. The summed E-state index contributed by atoms with van der Waals surface area (Å²) in [6.45, 7) is 4.23. The van der Waals surface area contributed by atoms with Crippen molar-refractivity contribution in [1.82, 2.24) is 5.32 Å². The Bertz CT molecular complexity index is 403. The van der Waals surface area contributed by atoms with Gasteiger partial charge in [-0.1, -0.05) is 19.1 Å². The third-order valence-electron chi connectivity index (χ3n) is 3.09. The van der Waals surface area contributed by atoms with Crippen molar-refractivity contribution in [2.75, 3.05) is 13.7 Å². The SMILES string of the molecule is CCC(C)(N)C(=O)NCCc1cccc(OC)c1. The highest BCUT2D eigenvalue weighted by molar-refractivity contribution is 5.85. The smallest absolute Gasteiger partial charge is 0.239 e. The molecule has 1 amide bonds. The molecule has 1 aromatic carbocycles. The highest BCUT2D eigenvalue weighted by Crippen LogP contribution is 2.12. The van der Waals surface area contributed by atoms with Crippen molar-refractivity contribution >= 4 is 5.91 Å². The molecule has 0 aliphatic heterocycles. The van der Waals surface area contributed by atoms with E-state index in [4.69, 9.17) is 10.5 Å². The number of methoxy groups -OCH3 is 1. The Kier molecular flexibility index (Phi) is 5.16. The van der Waals surface area contributed by atoms with Crippen molar-refractivity contribution in [3.63, 3.8) is 0 Å². The molecule has 0 spiro atoms. The molecule has 3 N–H and O–H groups in total. The van der Waals surface area contributed by atoms with Gasteiger partial charge in [-0.25, -0.2) is 0 Å². The first kappa shape index (κ1) is 14.5. The summed E-state index contributed by atoms with van der Waals surface area (Å²) in [5.41, 5.74) is 6.20. The molecule has 1 aromatic rings. The largest absolute Gasteiger partial charge is 0.497 e. The number of hydrogen-bond acceptors (Lipinski definition) is 3. The van der Waals surface area contributed by atoms with Crippen LogP contribution >= 0.6 is 0 Å². The van der Waals surface area contributed by atoms with Crippen molar-refractivity contribution in [2.45, 2.75) is 32.2 Å². The number of rotatable bonds is 6. The van der Waals surface area contributed by atoms with Crippen LogP contribution in [0.15, 0.2) is 24.3 Å². The zero-order valence-electron chi connectivity index (χ0n) is 11.3. The van der Waals surface area contributed by atoms with Crippen molar-refractivity contribution in [3.05, 3.63) is 29.8 Å². The molecule has 0 saturated heterocycles. The summed E-state index contributed by atoms with van der Waals surface area (Å²) in [5, 5.41) is 2.86. The van der Waals surface area contributed by atoms with Gasteiger partial charge >= 0.3 is 0 Å². The van der Waals surface area contributed by atoms with Crippen LogP contribution in [0.3, 0.4) is 0 Å². The molecule has 100 valence electrons. The third-order valence-corrected chi connectivity index (χ3v) is 3.09. The normalized spacial score (nSPS) is 13.8. The first-order valence-corrected chi connectivity index (χ1v) is 6.19. The molecule has 0 radical (unpaired) electrons. The van der Waals surface area contributed by atoms with Crippen LogP contribution in [0.4, 0.5) is 0 Å². The number of nitrogens with two attached hydrogens (primary N) is 1. The standard InChI is InChI=1S/C14H22N2O2/c1-4-14(2,15)13(17)16-9-8-11-6-5-7-12(10-11)18-3/h5-7,10H,4,8-9,15H2,1-3H3,(H,16,17). The maximum atomic E-state index is 11.7. The van der Waals surface area contributed by atoms with Crippen LogP contribution < -0.4 is 15.8 Å². The van der Waals surface area contributed by atoms with Gasteiger partial charge in [0.1, 0.15) is 5.75 Å². The fourth-order valence-corrected chi connectivity index (χ4v) is 1.51. The molecule has 0 saturated carbocycles. The van der Waals surface area contributed by atoms with Gasteiger partial charge in [-0.15, -0.1) is 0 Å². The number of nitrogens with one attached hydrogen (secondary N) is 1. The van der Waals surface area contributed by atoms with E-state index >= 15 is 0 Å². The molecule has 1 rings (SSSR count). The van der Waals surface area contributed by atoms with Gasteiger partial charge in [-0.2, -0.15) is 0 Å². The van der Waals surface area contributed by atoms with Crippen molar-refractivity contribution in [3.8, 4) is 5.75 Å². The van der Waals surface area contributed by atoms with Gasteiger partial charge in [0, 0.05) is 6.54 Å². The second kappa shape index (κ2) is 6.40. The first-order valence-electron chi connectivity index (χ1n) is 6.19. The van der Waals surface area contributed by atoms with Crippen LogP contribution in [0, 0.1) is 0 Å². The Balaban J connectivity index is 2.44. The highest BCUT2D eigenvalue weighted by atomic mass is 16.5. The van der Waals surface area contributed by atoms with E-state index in [0.717, 1.165) is 17.7 Å². The topological polar surface area (TPSA) is 64.4 Å². The van der Waals surface area contributed by atoms with E-state index < -0.39 is 5.54 Å². The summed E-state index contributed by atoms with van der Waals surface area (Å²) < 4.78 is 5.15. The van der Waals surface area contributed by atoms with Gasteiger partial charge in [0.2, 0.25) is 5.91 Å². The number of carbonyl (C=O) groups is 1. The third kappa shape index (κ3) is 4.04. The molecule has 0 heterocycles. The lowest BCUT2D eigenvalue weighted by Gasteiger charge is -2.21. The minimum atomic E-state index is -0.783. The second-order valence-corrected chi connectivity index (χ2v) is 4.63. The van der Waals surface area contributed by atoms with Crippen LogP contribution in [0.5, 0.6) is 5.75 Å². The average molecular weight is 250 g/mol. The van der Waals surface area contributed by atoms with E-state index in [1.54, 1.807) is 14.0 Å². The molecule has 0 fully saturated rings. The Morgan fingerprint density at radius 3 is 2.83 bits per heavy atom. The maximum absolute atomic E-state index is 11.7. The molecule has 0 aromatic heterocycles. The number of ether oxygens (including phenoxy) is 1. The van der Waals surface area contributed by atoms with E-state index in [9.17, 15) is 4.79 Å². The molecule has 1 atom stereocenters. The molecule has 0 bridgehead atoms. The quantitative estimate of drug-likeness (QED) is 0.804. The predicted molar refractivity (Wildman–Crippen MR) is 72.6 cm³/mol. The molecule has 0 aliphatic rings. The Labute approximate surface area is 109 Å². The number of carbonyl (C=O) groups excluding carboxylic acids is 1. The average Bonchev–Trinajstić information content (AvgIpc) is 2.38. The fraction of sp³-hybridized carbons (Fsp3) is 0.500. The zero-order chi connectivity index (χ0) is 13.6. The highest BCUT2D eigenvalue weighted by Gasteiger charge is 2.25. The summed E-state index contributed by atoms with van der Waals surface area (Å²) in [5.74, 6) is 0.726.